The van der Waals surface area contributed by atoms with Gasteiger partial charge >= 0.3 is 0 Å². The predicted molar refractivity (Wildman–Crippen MR) is 151 cm³/mol. The summed E-state index contributed by atoms with van der Waals surface area (Å²) >= 11 is 1.47. The third-order valence-electron chi connectivity index (χ3n) is 7.63. The summed E-state index contributed by atoms with van der Waals surface area (Å²) in [7, 11) is 0. The van der Waals surface area contributed by atoms with Crippen LogP contribution in [0.3, 0.4) is 0 Å². The fourth-order valence-electron chi connectivity index (χ4n) is 5.94. The number of benzene rings is 3. The van der Waals surface area contributed by atoms with E-state index in [9.17, 15) is 9.59 Å². The molecule has 0 saturated carbocycles. The van der Waals surface area contributed by atoms with Gasteiger partial charge in [0.15, 0.2) is 0 Å². The monoisotopic (exact) mass is 512 g/mol. The first-order valence-corrected chi connectivity index (χ1v) is 13.8. The first-order valence-electron chi connectivity index (χ1n) is 12.9. The molecule has 3 aliphatic heterocycles. The molecule has 2 fully saturated rings. The van der Waals surface area contributed by atoms with Crippen LogP contribution >= 0.6 is 11.8 Å². The van der Waals surface area contributed by atoms with E-state index in [-0.39, 0.29) is 17.1 Å². The number of aryl methyl sites for hydroxylation is 2. The zero-order valence-electron chi connectivity index (χ0n) is 21.6. The number of fused-ring (bicyclic) bond motifs is 2. The summed E-state index contributed by atoms with van der Waals surface area (Å²) in [5.74, 6) is -0.0440. The Bertz CT molecular complexity index is 1330. The molecule has 0 radical (unpaired) electrons. The topological polar surface area (TPSA) is 47.1 Å². The number of nitrogens with zero attached hydrogens (tertiary/aromatic N) is 4. The van der Waals surface area contributed by atoms with Crippen LogP contribution in [0.25, 0.3) is 0 Å². The lowest BCUT2D eigenvalue weighted by atomic mass is 10.0. The van der Waals surface area contributed by atoms with Gasteiger partial charge in [-0.05, 0) is 62.2 Å². The number of amides is 2. The minimum absolute atomic E-state index is 0.0171. The number of carbonyl (C=O) groups excluding carboxylic acids is 2. The lowest BCUT2D eigenvalue weighted by molar-refractivity contribution is -0.124. The molecule has 2 saturated heterocycles. The molecule has 0 N–H and O–H groups in total. The molecule has 3 aromatic rings. The van der Waals surface area contributed by atoms with E-state index in [2.05, 4.69) is 40.1 Å². The highest BCUT2D eigenvalue weighted by Crippen LogP contribution is 2.57. The van der Waals surface area contributed by atoms with Crippen molar-refractivity contribution in [2.24, 2.45) is 0 Å². The molecule has 0 aromatic heterocycles. The summed E-state index contributed by atoms with van der Waals surface area (Å²) in [6, 6.07) is 24.6. The van der Waals surface area contributed by atoms with Crippen LogP contribution in [0.5, 0.6) is 0 Å². The molecule has 6 nitrogen and oxygen atoms in total. The van der Waals surface area contributed by atoms with Gasteiger partial charge in [0.1, 0.15) is 0 Å². The van der Waals surface area contributed by atoms with Gasteiger partial charge in [-0.3, -0.25) is 24.3 Å². The molecule has 2 amide bonds. The van der Waals surface area contributed by atoms with Crippen LogP contribution < -0.4 is 14.7 Å². The normalized spacial score (nSPS) is 23.9. The minimum Gasteiger partial charge on any atom is -0.369 e. The lowest BCUT2D eigenvalue weighted by Crippen LogP contribution is -2.54. The molecule has 3 aliphatic rings. The van der Waals surface area contributed by atoms with E-state index in [0.717, 1.165) is 54.2 Å². The Balaban J connectivity index is 1.32. The minimum atomic E-state index is -1.08. The Labute approximate surface area is 222 Å². The number of anilines is 3. The van der Waals surface area contributed by atoms with E-state index in [0.29, 0.717) is 6.67 Å². The van der Waals surface area contributed by atoms with Crippen molar-refractivity contribution >= 4 is 40.6 Å². The van der Waals surface area contributed by atoms with E-state index in [1.165, 1.54) is 17.4 Å². The Kier molecular flexibility index (Phi) is 6.00. The lowest BCUT2D eigenvalue weighted by Gasteiger charge is -2.38. The predicted octanol–water partition coefficient (Wildman–Crippen LogP) is 4.75. The zero-order valence-corrected chi connectivity index (χ0v) is 22.4. The maximum absolute atomic E-state index is 14.5. The van der Waals surface area contributed by atoms with Crippen LogP contribution in [0, 0.1) is 13.8 Å². The van der Waals surface area contributed by atoms with Crippen LogP contribution in [0.2, 0.25) is 0 Å². The number of hydrogen-bond acceptors (Lipinski definition) is 5. The standard InChI is InChI=1S/C30H32N4O2S/c1-21-17-22(2)19-25(18-21)34-28(35)23(3)37-30(34)26-11-7-8-12-27(26)33(29(30)36)20-31-13-15-32(16-14-31)24-9-5-4-6-10-24/h4-12,17-19,23H,13-16,20H2,1-3H3/t23-,30+/m1/s1. The average Bonchev–Trinajstić information content (AvgIpc) is 3.30. The number of thioether (sulfide) groups is 1. The molecular weight excluding hydrogens is 480 g/mol. The molecule has 0 aliphatic carbocycles. The Hall–Kier alpha value is -3.29. The van der Waals surface area contributed by atoms with Gasteiger partial charge in [-0.15, -0.1) is 11.8 Å². The van der Waals surface area contributed by atoms with E-state index in [1.807, 2.05) is 68.1 Å². The third-order valence-corrected chi connectivity index (χ3v) is 9.10. The largest absolute Gasteiger partial charge is 0.369 e. The molecule has 6 rings (SSSR count). The SMILES string of the molecule is Cc1cc(C)cc(N2C(=O)[C@@H](C)S[C@@]23C(=O)N(CN2CCN(c4ccccc4)CC2)c2ccccc23)c1. The van der Waals surface area contributed by atoms with Crippen molar-refractivity contribution in [3.63, 3.8) is 0 Å². The van der Waals surface area contributed by atoms with E-state index < -0.39 is 4.87 Å². The van der Waals surface area contributed by atoms with Crippen LogP contribution in [-0.2, 0) is 14.5 Å². The molecule has 2 atom stereocenters. The van der Waals surface area contributed by atoms with Crippen molar-refractivity contribution in [2.75, 3.05) is 47.5 Å². The Morgan fingerprint density at radius 1 is 0.838 bits per heavy atom. The maximum atomic E-state index is 14.5. The molecule has 3 heterocycles. The summed E-state index contributed by atoms with van der Waals surface area (Å²) in [6.45, 7) is 10.1. The Morgan fingerprint density at radius 3 is 2.19 bits per heavy atom. The molecule has 7 heteroatoms. The second-order valence-corrected chi connectivity index (χ2v) is 11.8. The zero-order chi connectivity index (χ0) is 25.7. The highest BCUT2D eigenvalue weighted by Gasteiger charge is 2.63. The number of piperazine rings is 1. The van der Waals surface area contributed by atoms with E-state index >= 15 is 0 Å². The van der Waals surface area contributed by atoms with Gasteiger partial charge in [0.2, 0.25) is 10.8 Å². The first-order chi connectivity index (χ1) is 17.9. The third kappa shape index (κ3) is 3.92. The summed E-state index contributed by atoms with van der Waals surface area (Å²) in [5.41, 5.74) is 6.00. The van der Waals surface area contributed by atoms with Gasteiger partial charge < -0.3 is 4.90 Å². The number of hydrogen-bond donors (Lipinski definition) is 0. The van der Waals surface area contributed by atoms with Crippen LogP contribution in [0.1, 0.15) is 23.6 Å². The van der Waals surface area contributed by atoms with Gasteiger partial charge in [-0.1, -0.05) is 42.5 Å². The summed E-state index contributed by atoms with van der Waals surface area (Å²) in [4.78, 5) is 35.4. The smallest absolute Gasteiger partial charge is 0.269 e. The second kappa shape index (κ2) is 9.23. The van der Waals surface area contributed by atoms with Crippen molar-refractivity contribution in [1.29, 1.82) is 0 Å². The second-order valence-electron chi connectivity index (χ2n) is 10.3. The first kappa shape index (κ1) is 24.1. The van der Waals surface area contributed by atoms with Crippen molar-refractivity contribution in [3.05, 3.63) is 89.5 Å². The summed E-state index contributed by atoms with van der Waals surface area (Å²) in [5, 5.41) is -0.313. The van der Waals surface area contributed by atoms with Crippen LogP contribution in [-0.4, -0.2) is 54.8 Å². The van der Waals surface area contributed by atoms with Gasteiger partial charge in [0.25, 0.3) is 5.91 Å². The molecule has 190 valence electrons. The molecular formula is C30H32N4O2S. The highest BCUT2D eigenvalue weighted by atomic mass is 32.2. The molecule has 0 unspecified atom stereocenters. The molecule has 1 spiro atoms. The van der Waals surface area contributed by atoms with Gasteiger partial charge in [0.05, 0.1) is 17.6 Å². The van der Waals surface area contributed by atoms with Crippen molar-refractivity contribution in [2.45, 2.75) is 30.9 Å². The van der Waals surface area contributed by atoms with Gasteiger partial charge in [-0.2, -0.15) is 0 Å². The maximum Gasteiger partial charge on any atom is 0.269 e. The Morgan fingerprint density at radius 2 is 1.49 bits per heavy atom. The van der Waals surface area contributed by atoms with Gasteiger partial charge in [-0.25, -0.2) is 0 Å². The van der Waals surface area contributed by atoms with Gasteiger partial charge in [0, 0.05) is 43.1 Å². The summed E-state index contributed by atoms with van der Waals surface area (Å²) in [6.07, 6.45) is 0. The fraction of sp³-hybridized carbons (Fsp3) is 0.333. The number of rotatable bonds is 4. The number of carbonyl (C=O) groups is 2. The fourth-order valence-corrected chi connectivity index (χ4v) is 7.47. The quantitative estimate of drug-likeness (QED) is 0.505. The summed E-state index contributed by atoms with van der Waals surface area (Å²) < 4.78 is 0. The van der Waals surface area contributed by atoms with Crippen LogP contribution in [0.4, 0.5) is 17.1 Å². The van der Waals surface area contributed by atoms with Crippen molar-refractivity contribution in [1.82, 2.24) is 4.90 Å². The molecule has 37 heavy (non-hydrogen) atoms. The number of para-hydroxylation sites is 2. The van der Waals surface area contributed by atoms with Crippen molar-refractivity contribution < 1.29 is 9.59 Å². The van der Waals surface area contributed by atoms with Crippen molar-refractivity contribution in [3.8, 4) is 0 Å². The van der Waals surface area contributed by atoms with E-state index in [1.54, 1.807) is 4.90 Å². The highest BCUT2D eigenvalue weighted by molar-refractivity contribution is 8.03. The van der Waals surface area contributed by atoms with Crippen LogP contribution in [0.15, 0.2) is 72.8 Å². The average molecular weight is 513 g/mol. The van der Waals surface area contributed by atoms with E-state index in [4.69, 9.17) is 0 Å². The molecule has 3 aromatic carbocycles. The molecule has 0 bridgehead atoms.